The molecule has 2 N–H and O–H groups in total. The second-order valence-corrected chi connectivity index (χ2v) is 6.73. The van der Waals surface area contributed by atoms with Crippen LogP contribution in [0.2, 0.25) is 0 Å². The van der Waals surface area contributed by atoms with E-state index >= 15 is 0 Å². The molecule has 0 unspecified atom stereocenters. The SMILES string of the molecule is CCCNC(=O)[C@@H](C)NC(=O)CSc1nnc(-c2ccc(OC)cc2OC)o1. The van der Waals surface area contributed by atoms with Gasteiger partial charge < -0.3 is 24.5 Å². The highest BCUT2D eigenvalue weighted by molar-refractivity contribution is 7.99. The first-order chi connectivity index (χ1) is 13.5. The van der Waals surface area contributed by atoms with Gasteiger partial charge in [-0.25, -0.2) is 0 Å². The fraction of sp³-hybridized carbons (Fsp3) is 0.444. The summed E-state index contributed by atoms with van der Waals surface area (Å²) in [6.45, 7) is 4.17. The van der Waals surface area contributed by atoms with Crippen molar-refractivity contribution in [1.82, 2.24) is 20.8 Å². The average molecular weight is 408 g/mol. The molecule has 2 amide bonds. The van der Waals surface area contributed by atoms with Gasteiger partial charge in [0.2, 0.25) is 11.8 Å². The van der Waals surface area contributed by atoms with E-state index in [0.717, 1.165) is 18.2 Å². The number of hydrogen-bond acceptors (Lipinski definition) is 8. The van der Waals surface area contributed by atoms with E-state index in [4.69, 9.17) is 13.9 Å². The van der Waals surface area contributed by atoms with Crippen molar-refractivity contribution in [3.63, 3.8) is 0 Å². The molecule has 2 rings (SSSR count). The van der Waals surface area contributed by atoms with Gasteiger partial charge >= 0.3 is 0 Å². The number of aromatic nitrogens is 2. The van der Waals surface area contributed by atoms with Crippen molar-refractivity contribution in [3.05, 3.63) is 18.2 Å². The van der Waals surface area contributed by atoms with Gasteiger partial charge in [-0.2, -0.15) is 0 Å². The fourth-order valence-corrected chi connectivity index (χ4v) is 2.80. The first-order valence-electron chi connectivity index (χ1n) is 8.74. The maximum absolute atomic E-state index is 12.0. The van der Waals surface area contributed by atoms with Gasteiger partial charge in [0.05, 0.1) is 25.5 Å². The molecule has 1 aromatic carbocycles. The summed E-state index contributed by atoms with van der Waals surface area (Å²) in [7, 11) is 3.10. The molecule has 0 aliphatic carbocycles. The standard InChI is InChI=1S/C18H24N4O5S/c1-5-8-19-16(24)11(2)20-15(23)10-28-18-22-21-17(27-18)13-7-6-12(25-3)9-14(13)26-4/h6-7,9,11H,5,8,10H2,1-4H3,(H,19,24)(H,20,23)/t11-/m1/s1. The maximum atomic E-state index is 12.0. The molecule has 9 nitrogen and oxygen atoms in total. The second-order valence-electron chi connectivity index (χ2n) is 5.81. The van der Waals surface area contributed by atoms with Gasteiger partial charge in [-0.05, 0) is 25.5 Å². The summed E-state index contributed by atoms with van der Waals surface area (Å²) < 4.78 is 16.1. The van der Waals surface area contributed by atoms with E-state index in [1.807, 2.05) is 6.92 Å². The van der Waals surface area contributed by atoms with Gasteiger partial charge in [0.25, 0.3) is 11.1 Å². The number of nitrogens with one attached hydrogen (secondary N) is 2. The Morgan fingerprint density at radius 3 is 2.71 bits per heavy atom. The predicted molar refractivity (Wildman–Crippen MR) is 104 cm³/mol. The Bertz CT molecular complexity index is 811. The molecule has 0 aliphatic rings. The maximum Gasteiger partial charge on any atom is 0.277 e. The van der Waals surface area contributed by atoms with Crippen LogP contribution in [0.25, 0.3) is 11.5 Å². The van der Waals surface area contributed by atoms with Crippen molar-refractivity contribution < 1.29 is 23.5 Å². The molecule has 2 aromatic rings. The predicted octanol–water partition coefficient (Wildman–Crippen LogP) is 1.88. The van der Waals surface area contributed by atoms with Crippen LogP contribution in [0.15, 0.2) is 27.8 Å². The van der Waals surface area contributed by atoms with Crippen molar-refractivity contribution in [2.75, 3.05) is 26.5 Å². The molecule has 1 heterocycles. The van der Waals surface area contributed by atoms with Crippen LogP contribution in [0.5, 0.6) is 11.5 Å². The minimum absolute atomic E-state index is 0.0484. The summed E-state index contributed by atoms with van der Waals surface area (Å²) in [5, 5.41) is 13.5. The van der Waals surface area contributed by atoms with Crippen molar-refractivity contribution >= 4 is 23.6 Å². The van der Waals surface area contributed by atoms with Crippen molar-refractivity contribution in [3.8, 4) is 23.0 Å². The lowest BCUT2D eigenvalue weighted by atomic mass is 10.2. The molecule has 0 bridgehead atoms. The fourth-order valence-electron chi connectivity index (χ4n) is 2.23. The zero-order valence-corrected chi connectivity index (χ0v) is 17.1. The molecule has 0 saturated carbocycles. The van der Waals surface area contributed by atoms with E-state index in [2.05, 4.69) is 20.8 Å². The molecule has 0 radical (unpaired) electrons. The average Bonchev–Trinajstić information content (AvgIpc) is 3.18. The molecule has 0 fully saturated rings. The molecule has 0 saturated heterocycles. The van der Waals surface area contributed by atoms with Crippen LogP contribution >= 0.6 is 11.8 Å². The van der Waals surface area contributed by atoms with E-state index < -0.39 is 6.04 Å². The number of methoxy groups -OCH3 is 2. The monoisotopic (exact) mass is 408 g/mol. The molecule has 1 aromatic heterocycles. The summed E-state index contributed by atoms with van der Waals surface area (Å²) in [6.07, 6.45) is 0.834. The van der Waals surface area contributed by atoms with Crippen LogP contribution in [-0.4, -0.2) is 54.6 Å². The van der Waals surface area contributed by atoms with Crippen LogP contribution in [-0.2, 0) is 9.59 Å². The third-order valence-corrected chi connectivity index (χ3v) is 4.51. The summed E-state index contributed by atoms with van der Waals surface area (Å²) in [6, 6.07) is 4.61. The van der Waals surface area contributed by atoms with Crippen LogP contribution in [0.1, 0.15) is 20.3 Å². The van der Waals surface area contributed by atoms with E-state index in [1.165, 1.54) is 7.11 Å². The van der Waals surface area contributed by atoms with Crippen molar-refractivity contribution in [2.24, 2.45) is 0 Å². The minimum Gasteiger partial charge on any atom is -0.497 e. The number of amides is 2. The number of thioether (sulfide) groups is 1. The van der Waals surface area contributed by atoms with Crippen LogP contribution in [0.4, 0.5) is 0 Å². The lowest BCUT2D eigenvalue weighted by molar-refractivity contribution is -0.127. The van der Waals surface area contributed by atoms with Gasteiger partial charge in [0, 0.05) is 12.6 Å². The first-order valence-corrected chi connectivity index (χ1v) is 9.72. The Morgan fingerprint density at radius 2 is 2.04 bits per heavy atom. The second kappa shape index (κ2) is 10.5. The van der Waals surface area contributed by atoms with E-state index in [9.17, 15) is 9.59 Å². The Hall–Kier alpha value is -2.75. The molecule has 0 spiro atoms. The number of carbonyl (C=O) groups excluding carboxylic acids is 2. The quantitative estimate of drug-likeness (QED) is 0.573. The van der Waals surface area contributed by atoms with Crippen molar-refractivity contribution in [2.45, 2.75) is 31.5 Å². The third-order valence-electron chi connectivity index (χ3n) is 3.69. The third kappa shape index (κ3) is 5.88. The number of ether oxygens (including phenoxy) is 2. The smallest absolute Gasteiger partial charge is 0.277 e. The number of hydrogen-bond donors (Lipinski definition) is 2. The molecular formula is C18H24N4O5S. The zero-order valence-electron chi connectivity index (χ0n) is 16.3. The van der Waals surface area contributed by atoms with Gasteiger partial charge in [0.15, 0.2) is 0 Å². The summed E-state index contributed by atoms with van der Waals surface area (Å²) in [4.78, 5) is 23.8. The van der Waals surface area contributed by atoms with Crippen LogP contribution in [0.3, 0.4) is 0 Å². The zero-order chi connectivity index (χ0) is 20.5. The number of nitrogens with zero attached hydrogens (tertiary/aromatic N) is 2. The van der Waals surface area contributed by atoms with E-state index in [-0.39, 0.29) is 28.7 Å². The van der Waals surface area contributed by atoms with Crippen molar-refractivity contribution in [1.29, 1.82) is 0 Å². The van der Waals surface area contributed by atoms with Gasteiger partial charge in [-0.15, -0.1) is 10.2 Å². The van der Waals surface area contributed by atoms with Gasteiger partial charge in [-0.1, -0.05) is 18.7 Å². The summed E-state index contributed by atoms with van der Waals surface area (Å²) in [5.74, 6) is 0.979. The summed E-state index contributed by atoms with van der Waals surface area (Å²) >= 11 is 1.09. The number of benzene rings is 1. The Kier molecular flexibility index (Phi) is 8.12. The molecular weight excluding hydrogens is 384 g/mol. The van der Waals surface area contributed by atoms with Gasteiger partial charge in [0.1, 0.15) is 17.5 Å². The topological polar surface area (TPSA) is 116 Å². The minimum atomic E-state index is -0.610. The number of carbonyl (C=O) groups is 2. The largest absolute Gasteiger partial charge is 0.497 e. The van der Waals surface area contributed by atoms with Crippen LogP contribution < -0.4 is 20.1 Å². The Labute approximate surface area is 167 Å². The lowest BCUT2D eigenvalue weighted by Crippen LogP contribution is -2.45. The lowest BCUT2D eigenvalue weighted by Gasteiger charge is -2.13. The Balaban J connectivity index is 1.93. The molecule has 0 aliphatic heterocycles. The van der Waals surface area contributed by atoms with Gasteiger partial charge in [-0.3, -0.25) is 9.59 Å². The number of rotatable bonds is 10. The first kappa shape index (κ1) is 21.5. The molecule has 28 heavy (non-hydrogen) atoms. The highest BCUT2D eigenvalue weighted by Crippen LogP contribution is 2.33. The highest BCUT2D eigenvalue weighted by atomic mass is 32.2. The molecule has 152 valence electrons. The normalized spacial score (nSPS) is 11.6. The van der Waals surface area contributed by atoms with E-state index in [1.54, 1.807) is 32.2 Å². The highest BCUT2D eigenvalue weighted by Gasteiger charge is 2.18. The molecule has 1 atom stereocenters. The molecule has 10 heteroatoms. The van der Waals surface area contributed by atoms with E-state index in [0.29, 0.717) is 23.6 Å². The van der Waals surface area contributed by atoms with Crippen LogP contribution in [0, 0.1) is 0 Å². The Morgan fingerprint density at radius 1 is 1.25 bits per heavy atom. The summed E-state index contributed by atoms with van der Waals surface area (Å²) in [5.41, 5.74) is 0.619.